The zero-order valence-corrected chi connectivity index (χ0v) is 34.1. The third-order valence-corrected chi connectivity index (χ3v) is 16.9. The average molecular weight is 829 g/mol. The maximum Gasteiger partial charge on any atom is 0.335 e. The second-order valence-corrected chi connectivity index (χ2v) is 19.8. The highest BCUT2D eigenvalue weighted by Gasteiger charge is 2.75. The van der Waals surface area contributed by atoms with E-state index in [9.17, 15) is 40.2 Å². The van der Waals surface area contributed by atoms with E-state index in [2.05, 4.69) is 16.9 Å². The number of carbonyl (C=O) groups excluding carboxylic acids is 1. The number of carboxylic acid groups (broad SMARTS) is 1. The Kier molecular flexibility index (Phi) is 8.89. The van der Waals surface area contributed by atoms with Gasteiger partial charge in [-0.25, -0.2) is 4.79 Å². The van der Waals surface area contributed by atoms with Gasteiger partial charge in [-0.15, -0.1) is 0 Å². The first-order valence-corrected chi connectivity index (χ1v) is 22.0. The van der Waals surface area contributed by atoms with Crippen molar-refractivity contribution in [2.24, 2.45) is 28.6 Å². The predicted molar refractivity (Wildman–Crippen MR) is 214 cm³/mol. The van der Waals surface area contributed by atoms with Crippen LogP contribution < -0.4 is 15.6 Å². The zero-order valence-electron chi connectivity index (χ0n) is 34.1. The molecule has 0 amide bonds. The number of phenols is 1. The monoisotopic (exact) mass is 828 g/mol. The number of aromatic hydroxyl groups is 1. The summed E-state index contributed by atoms with van der Waals surface area (Å²) in [7, 11) is 0. The number of ketones is 1. The first kappa shape index (κ1) is 39.4. The maximum atomic E-state index is 12.8. The third kappa shape index (κ3) is 5.14. The van der Waals surface area contributed by atoms with Crippen molar-refractivity contribution in [1.29, 1.82) is 0 Å². The van der Waals surface area contributed by atoms with Gasteiger partial charge in [-0.1, -0.05) is 18.6 Å². The lowest BCUT2D eigenvalue weighted by Gasteiger charge is -2.72. The Balaban J connectivity index is 1.03. The number of Topliss-reactive ketones (excluding diaryl/α,β-unsaturated/α-hetero) is 1. The van der Waals surface area contributed by atoms with Gasteiger partial charge in [-0.2, -0.15) is 0 Å². The van der Waals surface area contributed by atoms with E-state index in [0.29, 0.717) is 49.5 Å². The molecule has 9 aliphatic rings. The van der Waals surface area contributed by atoms with Crippen LogP contribution in [0.2, 0.25) is 0 Å². The number of hydrogen-bond donors (Lipinski definition) is 8. The number of phenolic OH excluding ortho intramolecular Hbond substituents is 1. The molecular formula is C46H56N2O12. The van der Waals surface area contributed by atoms with Gasteiger partial charge in [0.05, 0.1) is 35.3 Å². The Hall–Kier alpha value is -3.44. The van der Waals surface area contributed by atoms with Gasteiger partial charge in [0.15, 0.2) is 5.78 Å². The molecule has 4 aliphatic carbocycles. The summed E-state index contributed by atoms with van der Waals surface area (Å²) >= 11 is 0. The fourth-order valence-corrected chi connectivity index (χ4v) is 15.0. The van der Waals surface area contributed by atoms with E-state index < -0.39 is 65.5 Å². The summed E-state index contributed by atoms with van der Waals surface area (Å²) < 4.78 is 26.9. The van der Waals surface area contributed by atoms with Crippen molar-refractivity contribution in [1.82, 2.24) is 10.9 Å². The predicted octanol–water partition coefficient (Wildman–Crippen LogP) is 3.72. The number of ether oxygens (including phenoxy) is 4. The minimum absolute atomic E-state index is 0.0452. The van der Waals surface area contributed by atoms with E-state index in [1.54, 1.807) is 13.0 Å². The molecule has 0 radical (unpaired) electrons. The number of fused-ring (bicyclic) bond motifs is 4. The minimum Gasteiger partial charge on any atom is -0.506 e. The Morgan fingerprint density at radius 1 is 1.08 bits per heavy atom. The number of hydrazine groups is 1. The summed E-state index contributed by atoms with van der Waals surface area (Å²) in [5.41, 5.74) is 9.46. The van der Waals surface area contributed by atoms with Gasteiger partial charge in [0.1, 0.15) is 35.4 Å². The maximum absolute atomic E-state index is 12.8. The fraction of sp³-hybridized carbons (Fsp3) is 0.652. The Labute approximate surface area is 347 Å². The smallest absolute Gasteiger partial charge is 0.335 e. The van der Waals surface area contributed by atoms with Crippen molar-refractivity contribution in [2.75, 3.05) is 19.8 Å². The molecule has 8 N–H and O–H groups in total. The largest absolute Gasteiger partial charge is 0.506 e. The number of hydrogen-bond acceptors (Lipinski definition) is 13. The molecule has 14 nitrogen and oxygen atoms in total. The first-order valence-electron chi connectivity index (χ1n) is 22.0. The SMILES string of the molecule is CC(=O)c1c(C)cc2cc(C(=O)O)cc(O[C@H]3O[C@@H]4[C@@H](O)CC[C@H]5O[C@@]4(CC4C6=C5CC=C6[C@@]5(CCCO)COC[C@H]6C[C@@]78CCC[C@@H]7NN[C@@]4(C8)[C@H]65)[C@H](O)[C@H]3O)c2c1O. The van der Waals surface area contributed by atoms with E-state index in [1.807, 2.05) is 0 Å². The topological polar surface area (TPSA) is 216 Å². The Bertz CT molecular complexity index is 2260. The summed E-state index contributed by atoms with van der Waals surface area (Å²) in [5.74, 6) is -2.04. The van der Waals surface area contributed by atoms with Gasteiger partial charge in [0.25, 0.3) is 0 Å². The van der Waals surface area contributed by atoms with Gasteiger partial charge in [0, 0.05) is 36.1 Å². The van der Waals surface area contributed by atoms with Crippen LogP contribution in [0.3, 0.4) is 0 Å². The second-order valence-electron chi connectivity index (χ2n) is 19.8. The number of benzene rings is 2. The van der Waals surface area contributed by atoms with Crippen molar-refractivity contribution in [3.8, 4) is 11.5 Å². The normalized spacial score (nSPS) is 43.5. The highest BCUT2D eigenvalue weighted by Crippen LogP contribution is 2.73. The summed E-state index contributed by atoms with van der Waals surface area (Å²) in [6, 6.07) is 4.48. The van der Waals surface area contributed by atoms with Crippen LogP contribution in [0.15, 0.2) is 41.0 Å². The van der Waals surface area contributed by atoms with Crippen molar-refractivity contribution < 1.29 is 59.2 Å². The van der Waals surface area contributed by atoms with Crippen LogP contribution in [0.4, 0.5) is 0 Å². The molecule has 0 aromatic heterocycles. The molecule has 5 aliphatic heterocycles. The fourth-order valence-electron chi connectivity index (χ4n) is 15.0. The van der Waals surface area contributed by atoms with Crippen molar-refractivity contribution >= 4 is 22.5 Å². The van der Waals surface area contributed by atoms with E-state index >= 15 is 0 Å². The van der Waals surface area contributed by atoms with Gasteiger partial charge >= 0.3 is 5.97 Å². The number of aliphatic hydroxyl groups is 4. The number of carbonyl (C=O) groups is 2. The molecule has 14 atom stereocenters. The molecule has 2 aromatic rings. The Morgan fingerprint density at radius 3 is 2.70 bits per heavy atom. The molecule has 14 heteroatoms. The van der Waals surface area contributed by atoms with Gasteiger partial charge in [0.2, 0.25) is 6.29 Å². The van der Waals surface area contributed by atoms with Crippen LogP contribution in [0, 0.1) is 35.5 Å². The molecule has 2 aromatic carbocycles. The van der Waals surface area contributed by atoms with Crippen LogP contribution in [-0.2, 0) is 14.2 Å². The van der Waals surface area contributed by atoms with Crippen LogP contribution >= 0.6 is 0 Å². The molecule has 7 fully saturated rings. The van der Waals surface area contributed by atoms with Gasteiger partial charge in [-0.3, -0.25) is 15.6 Å². The standard InChI is InChI=1S/C46H56N2O12/c1-21-13-23-14-24(41(55)56)15-31(34(23)36(52)33(21)22(2)50)58-42-37(53)39(54)46-17-28-35-26(30(60-46)9-8-29(51)40(46)59-42)6-7-27(35)44(11-4-12-49)20-57-18-25-16-43-10-3-5-32(43)47-48-45(28,19-43)38(25)44/h7,13-15,25,28-30,32,37-40,42,47-49,51-54H,3-6,8-12,16-20H2,1-2H3,(H,55,56)/t25-,28?,29+,30-,32+,37-,38-,39-,40-,42+,43-,44-,45-,46+/m1/s1. The first-order chi connectivity index (χ1) is 28.8. The second kappa shape index (κ2) is 13.5. The molecule has 3 spiro atoms. The van der Waals surface area contributed by atoms with Crippen molar-refractivity contribution in [3.63, 3.8) is 0 Å². The molecule has 4 bridgehead atoms. The number of carboxylic acids is 1. The van der Waals surface area contributed by atoms with E-state index in [0.717, 1.165) is 44.1 Å². The van der Waals surface area contributed by atoms with E-state index in [1.165, 1.54) is 30.2 Å². The zero-order chi connectivity index (χ0) is 41.7. The lowest BCUT2D eigenvalue weighted by molar-refractivity contribution is -0.337. The number of aromatic carboxylic acids is 1. The molecule has 60 heavy (non-hydrogen) atoms. The van der Waals surface area contributed by atoms with E-state index in [4.69, 9.17) is 18.9 Å². The lowest BCUT2D eigenvalue weighted by atomic mass is 9.39. The molecule has 5 heterocycles. The molecule has 1 unspecified atom stereocenters. The van der Waals surface area contributed by atoms with Crippen molar-refractivity contribution in [2.45, 2.75) is 138 Å². The summed E-state index contributed by atoms with van der Waals surface area (Å²) in [6.07, 6.45) is 2.94. The highest BCUT2D eigenvalue weighted by molar-refractivity contribution is 6.08. The van der Waals surface area contributed by atoms with E-state index in [-0.39, 0.29) is 70.3 Å². The minimum atomic E-state index is -1.74. The van der Waals surface area contributed by atoms with Crippen LogP contribution in [0.1, 0.15) is 104 Å². The lowest BCUT2D eigenvalue weighted by Crippen LogP contribution is -2.81. The Morgan fingerprint density at radius 2 is 1.92 bits per heavy atom. The van der Waals surface area contributed by atoms with Crippen molar-refractivity contribution in [3.05, 3.63) is 57.7 Å². The molecule has 3 saturated carbocycles. The summed E-state index contributed by atoms with van der Waals surface area (Å²) in [5, 5.41) is 69.3. The summed E-state index contributed by atoms with van der Waals surface area (Å²) in [4.78, 5) is 25.0. The van der Waals surface area contributed by atoms with Crippen LogP contribution in [-0.4, -0.2) is 116 Å². The molecular weight excluding hydrogens is 773 g/mol. The number of allylic oxidation sites excluding steroid dienone is 1. The van der Waals surface area contributed by atoms with Crippen LogP contribution in [0.25, 0.3) is 10.8 Å². The van der Waals surface area contributed by atoms with Crippen LogP contribution in [0.5, 0.6) is 11.5 Å². The highest BCUT2D eigenvalue weighted by atomic mass is 16.7. The summed E-state index contributed by atoms with van der Waals surface area (Å²) in [6.45, 7) is 4.27. The molecule has 4 saturated heterocycles. The molecule has 11 rings (SSSR count). The third-order valence-electron chi connectivity index (χ3n) is 16.9. The van der Waals surface area contributed by atoms with Gasteiger partial charge < -0.3 is 49.6 Å². The number of nitrogens with one attached hydrogen (secondary N) is 2. The number of aryl methyl sites for hydroxylation is 1. The average Bonchev–Trinajstić information content (AvgIpc) is 3.76. The van der Waals surface area contributed by atoms with Gasteiger partial charge in [-0.05, 0) is 135 Å². The number of rotatable bonds is 7. The number of aliphatic hydroxyl groups excluding tert-OH is 4. The quantitative estimate of drug-likeness (QED) is 0.187. The molecule has 322 valence electrons.